The van der Waals surface area contributed by atoms with Crippen molar-refractivity contribution in [2.24, 2.45) is 0 Å². The van der Waals surface area contributed by atoms with Gasteiger partial charge in [0.25, 0.3) is 5.91 Å². The number of amides is 1. The lowest BCUT2D eigenvalue weighted by atomic mass is 10.1. The number of aliphatic hydroxyl groups excluding tert-OH is 1. The molecule has 3 N–H and O–H groups in total. The molecule has 9 heteroatoms. The maximum absolute atomic E-state index is 13.6. The normalized spacial score (nSPS) is 10.7. The monoisotopic (exact) mass is 496 g/mol. The summed E-state index contributed by atoms with van der Waals surface area (Å²) in [5.41, 5.74) is 2.52. The number of hydroxylamine groups is 1. The van der Waals surface area contributed by atoms with E-state index in [1.165, 1.54) is 0 Å². The van der Waals surface area contributed by atoms with Crippen LogP contribution in [0.15, 0.2) is 30.3 Å². The van der Waals surface area contributed by atoms with Crippen LogP contribution < -0.4 is 10.8 Å². The molecule has 0 heterocycles. The average molecular weight is 497 g/mol. The summed E-state index contributed by atoms with van der Waals surface area (Å²) in [6.07, 6.45) is 1.07. The highest BCUT2D eigenvalue weighted by molar-refractivity contribution is 14.1. The Hall–Kier alpha value is -1.49. The Balaban J connectivity index is 2.20. The molecule has 0 atom stereocenters. The van der Waals surface area contributed by atoms with Crippen LogP contribution in [0.2, 0.25) is 5.02 Å². The number of benzene rings is 2. The lowest BCUT2D eigenvalue weighted by Gasteiger charge is -2.14. The second-order valence-electron chi connectivity index (χ2n) is 5.27. The number of rotatable bonds is 8. The molecule has 26 heavy (non-hydrogen) atoms. The van der Waals surface area contributed by atoms with Crippen LogP contribution in [0.1, 0.15) is 23.2 Å². The van der Waals surface area contributed by atoms with E-state index in [-0.39, 0.29) is 24.5 Å². The smallest absolute Gasteiger partial charge is 0.277 e. The molecule has 0 spiro atoms. The third-order valence-corrected chi connectivity index (χ3v) is 4.31. The Morgan fingerprint density at radius 2 is 1.88 bits per heavy atom. The first-order valence-electron chi connectivity index (χ1n) is 7.66. The fourth-order valence-corrected chi connectivity index (χ4v) is 2.93. The number of hydrogen-bond acceptors (Lipinski definition) is 4. The van der Waals surface area contributed by atoms with Gasteiger partial charge in [-0.2, -0.15) is 0 Å². The highest BCUT2D eigenvalue weighted by Crippen LogP contribution is 2.30. The van der Waals surface area contributed by atoms with Crippen molar-refractivity contribution in [2.45, 2.75) is 12.8 Å². The largest absolute Gasteiger partial charge is 0.396 e. The molecule has 0 unspecified atom stereocenters. The van der Waals surface area contributed by atoms with Gasteiger partial charge in [0, 0.05) is 16.2 Å². The van der Waals surface area contributed by atoms with Gasteiger partial charge in [0.05, 0.1) is 28.6 Å². The van der Waals surface area contributed by atoms with Crippen LogP contribution in [0.25, 0.3) is 0 Å². The van der Waals surface area contributed by atoms with Gasteiger partial charge in [-0.3, -0.25) is 9.63 Å². The maximum Gasteiger partial charge on any atom is 0.277 e. The summed E-state index contributed by atoms with van der Waals surface area (Å²) in [4.78, 5) is 17.2. The molecule has 0 radical (unpaired) electrons. The Morgan fingerprint density at radius 1 is 1.15 bits per heavy atom. The first kappa shape index (κ1) is 20.8. The third kappa shape index (κ3) is 5.76. The van der Waals surface area contributed by atoms with Crippen molar-refractivity contribution < 1.29 is 23.5 Å². The van der Waals surface area contributed by atoms with Crippen LogP contribution in [-0.2, 0) is 4.84 Å². The first-order valence-corrected chi connectivity index (χ1v) is 9.12. The van der Waals surface area contributed by atoms with Crippen LogP contribution in [0.3, 0.4) is 0 Å². The van der Waals surface area contributed by atoms with E-state index in [4.69, 9.17) is 21.5 Å². The summed E-state index contributed by atoms with van der Waals surface area (Å²) >= 11 is 8.22. The van der Waals surface area contributed by atoms with Crippen LogP contribution in [0, 0.1) is 15.2 Å². The van der Waals surface area contributed by atoms with Crippen LogP contribution in [0.4, 0.5) is 20.2 Å². The Morgan fingerprint density at radius 3 is 2.58 bits per heavy atom. The van der Waals surface area contributed by atoms with E-state index < -0.39 is 17.5 Å². The van der Waals surface area contributed by atoms with Gasteiger partial charge >= 0.3 is 0 Å². The molecule has 0 aromatic heterocycles. The van der Waals surface area contributed by atoms with Gasteiger partial charge in [0.15, 0.2) is 11.6 Å². The summed E-state index contributed by atoms with van der Waals surface area (Å²) in [6, 6.07) is 6.79. The lowest BCUT2D eigenvalue weighted by molar-refractivity contribution is 0.0289. The predicted octanol–water partition coefficient (Wildman–Crippen LogP) is 4.40. The van der Waals surface area contributed by atoms with Crippen molar-refractivity contribution >= 4 is 51.5 Å². The molecule has 0 aliphatic heterocycles. The average Bonchev–Trinajstić information content (AvgIpc) is 2.60. The van der Waals surface area contributed by atoms with E-state index in [0.717, 1.165) is 15.7 Å². The van der Waals surface area contributed by atoms with Gasteiger partial charge in [-0.1, -0.05) is 11.6 Å². The molecule has 2 aromatic carbocycles. The van der Waals surface area contributed by atoms with Crippen molar-refractivity contribution in [1.82, 2.24) is 5.48 Å². The van der Waals surface area contributed by atoms with Gasteiger partial charge in [0.1, 0.15) is 0 Å². The lowest BCUT2D eigenvalue weighted by Crippen LogP contribution is -2.25. The first-order chi connectivity index (χ1) is 12.4. The van der Waals surface area contributed by atoms with Crippen LogP contribution in [0.5, 0.6) is 0 Å². The van der Waals surface area contributed by atoms with Gasteiger partial charge in [-0.05, 0) is 59.7 Å². The van der Waals surface area contributed by atoms with Crippen molar-refractivity contribution in [3.8, 4) is 0 Å². The topological polar surface area (TPSA) is 70.6 Å². The van der Waals surface area contributed by atoms with Crippen LogP contribution in [-0.4, -0.2) is 24.2 Å². The molecule has 0 bridgehead atoms. The number of carbonyl (C=O) groups is 1. The number of unbranched alkanes of at least 4 members (excludes halogenated alkanes) is 1. The van der Waals surface area contributed by atoms with E-state index in [1.54, 1.807) is 18.2 Å². The minimum atomic E-state index is -1.16. The second-order valence-corrected chi connectivity index (χ2v) is 6.92. The van der Waals surface area contributed by atoms with Crippen LogP contribution >= 0.6 is 34.2 Å². The molecule has 1 amide bonds. The number of halogens is 4. The van der Waals surface area contributed by atoms with E-state index in [2.05, 4.69) is 33.4 Å². The molecule has 2 aromatic rings. The summed E-state index contributed by atoms with van der Waals surface area (Å²) in [5.74, 6) is -3.00. The summed E-state index contributed by atoms with van der Waals surface area (Å²) < 4.78 is 28.1. The minimum absolute atomic E-state index is 0.0192. The Bertz CT molecular complexity index is 793. The number of anilines is 2. The fourth-order valence-electron chi connectivity index (χ4n) is 2.03. The summed E-state index contributed by atoms with van der Waals surface area (Å²) in [6.45, 7) is 0.201. The molecule has 0 aliphatic carbocycles. The Kier molecular flexibility index (Phi) is 8.01. The molecule has 0 saturated heterocycles. The van der Waals surface area contributed by atoms with Crippen molar-refractivity contribution in [3.63, 3.8) is 0 Å². The molecular weight excluding hydrogens is 481 g/mol. The van der Waals surface area contributed by atoms with E-state index in [9.17, 15) is 13.6 Å². The summed E-state index contributed by atoms with van der Waals surface area (Å²) in [7, 11) is 0. The number of hydrogen-bond donors (Lipinski definition) is 3. The zero-order valence-corrected chi connectivity index (χ0v) is 16.4. The van der Waals surface area contributed by atoms with Gasteiger partial charge in [0.2, 0.25) is 0 Å². The van der Waals surface area contributed by atoms with E-state index >= 15 is 0 Å². The minimum Gasteiger partial charge on any atom is -0.396 e. The SMILES string of the molecule is O=C(NOCCCCO)c1cc(F)c(F)cc1Nc1ccc(I)cc1Cl. The van der Waals surface area contributed by atoms with E-state index in [1.807, 2.05) is 0 Å². The van der Waals surface area contributed by atoms with Crippen molar-refractivity contribution in [3.05, 3.63) is 56.1 Å². The highest BCUT2D eigenvalue weighted by Gasteiger charge is 2.17. The molecule has 5 nitrogen and oxygen atoms in total. The fraction of sp³-hybridized carbons (Fsp3) is 0.235. The van der Waals surface area contributed by atoms with Gasteiger partial charge < -0.3 is 10.4 Å². The standard InChI is InChI=1S/C17H16ClF2IN2O3/c18-12-7-10(21)3-4-15(12)22-16-9-14(20)13(19)8-11(16)17(25)23-26-6-2-1-5-24/h3-4,7-9,22,24H,1-2,5-6H2,(H,23,25). The predicted molar refractivity (Wildman–Crippen MR) is 104 cm³/mol. The molecule has 140 valence electrons. The second kappa shape index (κ2) is 10.0. The molecule has 0 saturated carbocycles. The summed E-state index contributed by atoms with van der Waals surface area (Å²) in [5, 5.41) is 11.9. The number of nitrogens with one attached hydrogen (secondary N) is 2. The quantitative estimate of drug-likeness (QED) is 0.288. The number of aliphatic hydroxyl groups is 1. The van der Waals surface area contributed by atoms with Crippen molar-refractivity contribution in [2.75, 3.05) is 18.5 Å². The number of carbonyl (C=O) groups excluding carboxylic acids is 1. The maximum atomic E-state index is 13.6. The third-order valence-electron chi connectivity index (χ3n) is 3.32. The molecule has 0 fully saturated rings. The van der Waals surface area contributed by atoms with Crippen molar-refractivity contribution in [1.29, 1.82) is 0 Å². The molecule has 0 aliphatic rings. The van der Waals surface area contributed by atoms with Gasteiger partial charge in [-0.25, -0.2) is 14.3 Å². The Labute approximate surface area is 167 Å². The zero-order chi connectivity index (χ0) is 19.1. The van der Waals surface area contributed by atoms with Gasteiger partial charge in [-0.15, -0.1) is 0 Å². The molecular formula is C17H16ClF2IN2O3. The highest BCUT2D eigenvalue weighted by atomic mass is 127. The van der Waals surface area contributed by atoms with E-state index in [0.29, 0.717) is 23.6 Å². The molecule has 2 rings (SSSR count). The zero-order valence-electron chi connectivity index (χ0n) is 13.5.